The zero-order valence-corrected chi connectivity index (χ0v) is 15.0. The van der Waals surface area contributed by atoms with Crippen molar-refractivity contribution in [2.24, 2.45) is 0 Å². The fraction of sp³-hybridized carbons (Fsp3) is 0.111. The third kappa shape index (κ3) is 4.92. The van der Waals surface area contributed by atoms with Crippen molar-refractivity contribution in [3.05, 3.63) is 68.8 Å². The van der Waals surface area contributed by atoms with Crippen LogP contribution < -0.4 is 5.32 Å². The van der Waals surface area contributed by atoms with Gasteiger partial charge in [0.25, 0.3) is 0 Å². The Balaban J connectivity index is 2.02. The summed E-state index contributed by atoms with van der Waals surface area (Å²) in [7, 11) is 1.34. The van der Waals surface area contributed by atoms with Crippen LogP contribution in [0, 0.1) is 10.5 Å². The Morgan fingerprint density at radius 2 is 1.83 bits per heavy atom. The molecule has 5 heteroatoms. The van der Waals surface area contributed by atoms with Crippen molar-refractivity contribution in [1.29, 1.82) is 0 Å². The van der Waals surface area contributed by atoms with Crippen molar-refractivity contribution in [2.75, 3.05) is 12.4 Å². The predicted octanol–water partition coefficient (Wildman–Crippen LogP) is 4.04. The van der Waals surface area contributed by atoms with Crippen molar-refractivity contribution in [1.82, 2.24) is 0 Å². The highest BCUT2D eigenvalue weighted by molar-refractivity contribution is 14.1. The standard InChI is InChI=1S/C18H16INO3/c1-12-11-15(19)8-9-16(12)20-17(21)10-5-13-3-6-14(7-4-13)18(22)23-2/h3-11H,1-2H3,(H,20,21)/b10-5+. The first-order chi connectivity index (χ1) is 11.0. The highest BCUT2D eigenvalue weighted by atomic mass is 127. The zero-order valence-electron chi connectivity index (χ0n) is 12.8. The summed E-state index contributed by atoms with van der Waals surface area (Å²) >= 11 is 2.23. The van der Waals surface area contributed by atoms with Gasteiger partial charge in [-0.3, -0.25) is 4.79 Å². The molecular formula is C18H16INO3. The lowest BCUT2D eigenvalue weighted by molar-refractivity contribution is -0.111. The van der Waals surface area contributed by atoms with Crippen LogP contribution in [-0.4, -0.2) is 19.0 Å². The number of aryl methyl sites for hydroxylation is 1. The molecule has 2 aromatic rings. The molecule has 2 rings (SSSR count). The molecule has 0 unspecified atom stereocenters. The Bertz CT molecular complexity index is 751. The molecule has 0 fully saturated rings. The average Bonchev–Trinajstić information content (AvgIpc) is 2.55. The monoisotopic (exact) mass is 421 g/mol. The highest BCUT2D eigenvalue weighted by Crippen LogP contribution is 2.17. The van der Waals surface area contributed by atoms with Gasteiger partial charge in [0, 0.05) is 15.3 Å². The summed E-state index contributed by atoms with van der Waals surface area (Å²) in [6.45, 7) is 1.95. The Hall–Kier alpha value is -2.15. The lowest BCUT2D eigenvalue weighted by Gasteiger charge is -2.06. The topological polar surface area (TPSA) is 55.4 Å². The van der Waals surface area contributed by atoms with Crippen molar-refractivity contribution in [3.8, 4) is 0 Å². The smallest absolute Gasteiger partial charge is 0.337 e. The van der Waals surface area contributed by atoms with Gasteiger partial charge >= 0.3 is 5.97 Å². The van der Waals surface area contributed by atoms with Gasteiger partial charge in [0.15, 0.2) is 0 Å². The number of benzene rings is 2. The van der Waals surface area contributed by atoms with E-state index in [1.165, 1.54) is 13.2 Å². The van der Waals surface area contributed by atoms with E-state index in [0.29, 0.717) is 5.56 Å². The molecule has 0 heterocycles. The largest absolute Gasteiger partial charge is 0.465 e. The molecule has 4 nitrogen and oxygen atoms in total. The van der Waals surface area contributed by atoms with E-state index >= 15 is 0 Å². The molecule has 0 aliphatic carbocycles. The number of carbonyl (C=O) groups is 2. The van der Waals surface area contributed by atoms with Crippen molar-refractivity contribution in [3.63, 3.8) is 0 Å². The summed E-state index contributed by atoms with van der Waals surface area (Å²) in [5.74, 6) is -0.584. The number of rotatable bonds is 4. The van der Waals surface area contributed by atoms with Gasteiger partial charge in [0.2, 0.25) is 5.91 Å². The first kappa shape index (κ1) is 17.2. The molecular weight excluding hydrogens is 405 g/mol. The summed E-state index contributed by atoms with van der Waals surface area (Å²) in [4.78, 5) is 23.3. The number of carbonyl (C=O) groups excluding carboxylic acids is 2. The molecule has 0 bridgehead atoms. The fourth-order valence-electron chi connectivity index (χ4n) is 1.96. The summed E-state index contributed by atoms with van der Waals surface area (Å²) in [6, 6.07) is 12.7. The van der Waals surface area contributed by atoms with E-state index in [0.717, 1.165) is 20.4 Å². The predicted molar refractivity (Wildman–Crippen MR) is 99.3 cm³/mol. The van der Waals surface area contributed by atoms with E-state index in [1.54, 1.807) is 30.3 Å². The number of nitrogens with one attached hydrogen (secondary N) is 1. The van der Waals surface area contributed by atoms with Gasteiger partial charge in [0.05, 0.1) is 12.7 Å². The van der Waals surface area contributed by atoms with Gasteiger partial charge in [-0.1, -0.05) is 12.1 Å². The molecule has 0 aliphatic rings. The Morgan fingerprint density at radius 1 is 1.13 bits per heavy atom. The molecule has 1 amide bonds. The van der Waals surface area contributed by atoms with Crippen molar-refractivity contribution in [2.45, 2.75) is 6.92 Å². The summed E-state index contributed by atoms with van der Waals surface area (Å²) in [6.07, 6.45) is 3.16. The van der Waals surface area contributed by atoms with Crippen LogP contribution in [0.1, 0.15) is 21.5 Å². The number of anilines is 1. The molecule has 0 radical (unpaired) electrons. The number of esters is 1. The maximum atomic E-state index is 12.0. The van der Waals surface area contributed by atoms with Crippen LogP contribution in [0.5, 0.6) is 0 Å². The van der Waals surface area contributed by atoms with Crippen molar-refractivity contribution >= 4 is 46.2 Å². The molecule has 0 aromatic heterocycles. The number of methoxy groups -OCH3 is 1. The number of amides is 1. The second kappa shape index (κ2) is 7.92. The third-order valence-corrected chi connectivity index (χ3v) is 3.88. The Morgan fingerprint density at radius 3 is 2.43 bits per heavy atom. The van der Waals surface area contributed by atoms with Gasteiger partial charge in [-0.15, -0.1) is 0 Å². The minimum absolute atomic E-state index is 0.202. The number of ether oxygens (including phenoxy) is 1. The van der Waals surface area contributed by atoms with E-state index in [1.807, 2.05) is 25.1 Å². The summed E-state index contributed by atoms with van der Waals surface area (Å²) < 4.78 is 5.76. The van der Waals surface area contributed by atoms with Crippen molar-refractivity contribution < 1.29 is 14.3 Å². The first-order valence-corrected chi connectivity index (χ1v) is 8.01. The van der Waals surface area contributed by atoms with Gasteiger partial charge in [0.1, 0.15) is 0 Å². The number of halogens is 1. The normalized spacial score (nSPS) is 10.6. The molecule has 0 atom stereocenters. The van der Waals surface area contributed by atoms with Gasteiger partial charge in [-0.2, -0.15) is 0 Å². The van der Waals surface area contributed by atoms with Crippen LogP contribution in [0.15, 0.2) is 48.5 Å². The highest BCUT2D eigenvalue weighted by Gasteiger charge is 2.04. The van der Waals surface area contributed by atoms with Gasteiger partial charge in [-0.05, 0) is 77.0 Å². The Labute approximate surface area is 148 Å². The number of hydrogen-bond donors (Lipinski definition) is 1. The van der Waals surface area contributed by atoms with Gasteiger partial charge < -0.3 is 10.1 Å². The first-order valence-electron chi connectivity index (χ1n) is 6.93. The molecule has 2 aromatic carbocycles. The second-order valence-corrected chi connectivity index (χ2v) is 6.14. The zero-order chi connectivity index (χ0) is 16.8. The average molecular weight is 421 g/mol. The van der Waals surface area contributed by atoms with E-state index in [4.69, 9.17) is 0 Å². The number of hydrogen-bond acceptors (Lipinski definition) is 3. The molecule has 0 spiro atoms. The van der Waals surface area contributed by atoms with Crippen LogP contribution >= 0.6 is 22.6 Å². The van der Waals surface area contributed by atoms with E-state index in [9.17, 15) is 9.59 Å². The molecule has 0 aliphatic heterocycles. The Kier molecular flexibility index (Phi) is 5.92. The van der Waals surface area contributed by atoms with Crippen LogP contribution in [-0.2, 0) is 9.53 Å². The molecule has 0 saturated heterocycles. The molecule has 0 saturated carbocycles. The minimum atomic E-state index is -0.382. The second-order valence-electron chi connectivity index (χ2n) is 4.90. The minimum Gasteiger partial charge on any atom is -0.465 e. The molecule has 23 heavy (non-hydrogen) atoms. The molecule has 1 N–H and O–H groups in total. The van der Waals surface area contributed by atoms with E-state index in [2.05, 4.69) is 32.6 Å². The molecule has 118 valence electrons. The van der Waals surface area contributed by atoms with Gasteiger partial charge in [-0.25, -0.2) is 4.79 Å². The third-order valence-electron chi connectivity index (χ3n) is 3.21. The van der Waals surface area contributed by atoms with E-state index < -0.39 is 0 Å². The van der Waals surface area contributed by atoms with Crippen LogP contribution in [0.25, 0.3) is 6.08 Å². The van der Waals surface area contributed by atoms with Crippen LogP contribution in [0.3, 0.4) is 0 Å². The maximum Gasteiger partial charge on any atom is 0.337 e. The van der Waals surface area contributed by atoms with E-state index in [-0.39, 0.29) is 11.9 Å². The summed E-state index contributed by atoms with van der Waals surface area (Å²) in [5, 5.41) is 2.84. The van der Waals surface area contributed by atoms with Crippen LogP contribution in [0.4, 0.5) is 5.69 Å². The maximum absolute atomic E-state index is 12.0. The lowest BCUT2D eigenvalue weighted by Crippen LogP contribution is -2.09. The van der Waals surface area contributed by atoms with Crippen LogP contribution in [0.2, 0.25) is 0 Å². The fourth-order valence-corrected chi connectivity index (χ4v) is 2.61. The quantitative estimate of drug-likeness (QED) is 0.461. The SMILES string of the molecule is COC(=O)c1ccc(/C=C/C(=O)Nc2ccc(I)cc2C)cc1. The summed E-state index contributed by atoms with van der Waals surface area (Å²) in [5.41, 5.74) is 3.11. The lowest BCUT2D eigenvalue weighted by atomic mass is 10.1.